The van der Waals surface area contributed by atoms with Crippen molar-refractivity contribution in [3.05, 3.63) is 35.4 Å². The number of hydrogen-bond donors (Lipinski definition) is 1. The van der Waals surface area contributed by atoms with Crippen LogP contribution in [0.2, 0.25) is 0 Å². The summed E-state index contributed by atoms with van der Waals surface area (Å²) in [4.78, 5) is 0. The predicted molar refractivity (Wildman–Crippen MR) is 60.3 cm³/mol. The van der Waals surface area contributed by atoms with Gasteiger partial charge in [-0.1, -0.05) is 6.07 Å². The Labute approximate surface area is 99.0 Å². The molecule has 6 heteroatoms. The van der Waals surface area contributed by atoms with E-state index >= 15 is 0 Å². The second-order valence-corrected chi connectivity index (χ2v) is 6.22. The van der Waals surface area contributed by atoms with Gasteiger partial charge in [-0.3, -0.25) is 0 Å². The smallest absolute Gasteiger partial charge is 0.159 e. The van der Waals surface area contributed by atoms with Crippen LogP contribution < -0.4 is 0 Å². The number of hydrogen-bond acceptors (Lipinski definition) is 3. The van der Waals surface area contributed by atoms with Crippen molar-refractivity contribution >= 4 is 9.84 Å². The maximum Gasteiger partial charge on any atom is 0.159 e. The Bertz CT molecular complexity index is 485. The van der Waals surface area contributed by atoms with Crippen molar-refractivity contribution in [2.75, 3.05) is 12.0 Å². The van der Waals surface area contributed by atoms with E-state index < -0.39 is 27.6 Å². The van der Waals surface area contributed by atoms with Gasteiger partial charge in [0.1, 0.15) is 9.84 Å². The Morgan fingerprint density at radius 3 is 2.47 bits per heavy atom. The Morgan fingerprint density at radius 2 is 1.94 bits per heavy atom. The van der Waals surface area contributed by atoms with Gasteiger partial charge in [0, 0.05) is 12.0 Å². The van der Waals surface area contributed by atoms with Gasteiger partial charge < -0.3 is 5.11 Å². The van der Waals surface area contributed by atoms with Gasteiger partial charge in [0.15, 0.2) is 11.6 Å². The van der Waals surface area contributed by atoms with E-state index in [2.05, 4.69) is 0 Å². The number of halogens is 2. The molecule has 1 aromatic rings. The topological polar surface area (TPSA) is 54.4 Å². The number of benzene rings is 1. The maximum absolute atomic E-state index is 12.9. The highest BCUT2D eigenvalue weighted by atomic mass is 32.2. The van der Waals surface area contributed by atoms with Gasteiger partial charge in [0.05, 0.1) is 6.10 Å². The van der Waals surface area contributed by atoms with E-state index in [0.29, 0.717) is 0 Å². The summed E-state index contributed by atoms with van der Waals surface area (Å²) >= 11 is 0. The van der Waals surface area contributed by atoms with E-state index in [9.17, 15) is 22.3 Å². The molecule has 17 heavy (non-hydrogen) atoms. The summed E-state index contributed by atoms with van der Waals surface area (Å²) in [6.07, 6.45) is 0.598. The van der Waals surface area contributed by atoms with Crippen LogP contribution in [0, 0.1) is 11.6 Å². The molecule has 96 valence electrons. The molecule has 0 amide bonds. The zero-order chi connectivity index (χ0) is 13.1. The molecule has 1 unspecified atom stereocenters. The second-order valence-electron chi connectivity index (χ2n) is 3.96. The Balaban J connectivity index is 2.58. The van der Waals surface area contributed by atoms with E-state index in [1.807, 2.05) is 0 Å². The molecule has 0 aliphatic carbocycles. The predicted octanol–water partition coefficient (Wildman–Crippen LogP) is 1.82. The average Bonchev–Trinajstić information content (AvgIpc) is 2.20. The van der Waals surface area contributed by atoms with Crippen LogP contribution in [0.4, 0.5) is 8.78 Å². The average molecular weight is 264 g/mol. The molecule has 0 radical (unpaired) electrons. The fraction of sp³-hybridized carbons (Fsp3) is 0.455. The largest absolute Gasteiger partial charge is 0.388 e. The summed E-state index contributed by atoms with van der Waals surface area (Å²) < 4.78 is 47.2. The first-order chi connectivity index (χ1) is 7.79. The summed E-state index contributed by atoms with van der Waals surface area (Å²) in [6, 6.07) is 3.13. The third-order valence-corrected chi connectivity index (χ3v) is 3.35. The highest BCUT2D eigenvalue weighted by molar-refractivity contribution is 7.90. The van der Waals surface area contributed by atoms with Gasteiger partial charge in [-0.2, -0.15) is 0 Å². The van der Waals surface area contributed by atoms with Gasteiger partial charge in [-0.15, -0.1) is 0 Å². The van der Waals surface area contributed by atoms with Crippen molar-refractivity contribution in [3.8, 4) is 0 Å². The molecular formula is C11H14F2O3S. The van der Waals surface area contributed by atoms with Crippen molar-refractivity contribution in [3.63, 3.8) is 0 Å². The van der Waals surface area contributed by atoms with Crippen molar-refractivity contribution in [2.24, 2.45) is 0 Å². The highest BCUT2D eigenvalue weighted by Crippen LogP contribution is 2.20. The second kappa shape index (κ2) is 5.55. The Kier molecular flexibility index (Phi) is 4.59. The minimum atomic E-state index is -3.06. The number of rotatable bonds is 5. The summed E-state index contributed by atoms with van der Waals surface area (Å²) in [5.41, 5.74) is 0.248. The molecule has 0 saturated heterocycles. The van der Waals surface area contributed by atoms with E-state index in [0.717, 1.165) is 18.4 Å². The molecule has 0 spiro atoms. The molecule has 0 saturated carbocycles. The van der Waals surface area contributed by atoms with Crippen LogP contribution in [0.15, 0.2) is 18.2 Å². The summed E-state index contributed by atoms with van der Waals surface area (Å²) in [6.45, 7) is 0. The van der Waals surface area contributed by atoms with Crippen molar-refractivity contribution in [1.29, 1.82) is 0 Å². The molecule has 0 aliphatic rings. The lowest BCUT2D eigenvalue weighted by Gasteiger charge is -2.10. The maximum atomic E-state index is 12.9. The van der Waals surface area contributed by atoms with E-state index in [1.54, 1.807) is 0 Å². The zero-order valence-electron chi connectivity index (χ0n) is 9.36. The number of aliphatic hydroxyl groups is 1. The lowest BCUT2D eigenvalue weighted by Crippen LogP contribution is -2.06. The van der Waals surface area contributed by atoms with Crippen LogP contribution in [0.3, 0.4) is 0 Å². The monoisotopic (exact) mass is 264 g/mol. The van der Waals surface area contributed by atoms with Crippen molar-refractivity contribution < 1.29 is 22.3 Å². The minimum absolute atomic E-state index is 0.0340. The summed E-state index contributed by atoms with van der Waals surface area (Å²) in [5.74, 6) is -2.03. The number of sulfone groups is 1. The fourth-order valence-corrected chi connectivity index (χ4v) is 2.12. The van der Waals surface area contributed by atoms with Gasteiger partial charge in [0.2, 0.25) is 0 Å². The summed E-state index contributed by atoms with van der Waals surface area (Å²) in [5, 5.41) is 9.65. The molecule has 0 aromatic heterocycles. The van der Waals surface area contributed by atoms with Crippen LogP contribution in [-0.4, -0.2) is 25.5 Å². The van der Waals surface area contributed by atoms with E-state index in [4.69, 9.17) is 0 Å². The van der Waals surface area contributed by atoms with Crippen LogP contribution in [0.5, 0.6) is 0 Å². The quantitative estimate of drug-likeness (QED) is 0.882. The molecule has 0 aliphatic heterocycles. The molecular weight excluding hydrogens is 250 g/mol. The minimum Gasteiger partial charge on any atom is -0.388 e. The Hall–Kier alpha value is -1.01. The first-order valence-electron chi connectivity index (χ1n) is 5.10. The SMILES string of the molecule is CS(=O)(=O)CCCC(O)c1ccc(F)c(F)c1. The lowest BCUT2D eigenvalue weighted by molar-refractivity contribution is 0.166. The van der Waals surface area contributed by atoms with Crippen molar-refractivity contribution in [2.45, 2.75) is 18.9 Å². The first-order valence-corrected chi connectivity index (χ1v) is 7.16. The molecule has 3 nitrogen and oxygen atoms in total. The molecule has 1 rings (SSSR count). The third kappa shape index (κ3) is 4.79. The molecule has 1 aromatic carbocycles. The van der Waals surface area contributed by atoms with Crippen LogP contribution in [-0.2, 0) is 9.84 Å². The summed E-state index contributed by atoms with van der Waals surface area (Å²) in [7, 11) is -3.06. The van der Waals surface area contributed by atoms with Gasteiger partial charge in [0.25, 0.3) is 0 Å². The van der Waals surface area contributed by atoms with Crippen LogP contribution in [0.25, 0.3) is 0 Å². The van der Waals surface area contributed by atoms with Crippen LogP contribution >= 0.6 is 0 Å². The van der Waals surface area contributed by atoms with Gasteiger partial charge in [-0.25, -0.2) is 17.2 Å². The molecule has 0 heterocycles. The van der Waals surface area contributed by atoms with Gasteiger partial charge >= 0.3 is 0 Å². The van der Waals surface area contributed by atoms with Crippen LogP contribution in [0.1, 0.15) is 24.5 Å². The lowest BCUT2D eigenvalue weighted by atomic mass is 10.1. The normalized spacial score (nSPS) is 13.6. The van der Waals surface area contributed by atoms with E-state index in [-0.39, 0.29) is 24.2 Å². The molecule has 0 fully saturated rings. The first kappa shape index (κ1) is 14.1. The highest BCUT2D eigenvalue weighted by Gasteiger charge is 2.12. The number of aliphatic hydroxyl groups excluding tert-OH is 1. The van der Waals surface area contributed by atoms with Gasteiger partial charge in [-0.05, 0) is 30.5 Å². The zero-order valence-corrected chi connectivity index (χ0v) is 10.2. The third-order valence-electron chi connectivity index (χ3n) is 2.32. The molecule has 1 N–H and O–H groups in total. The molecule has 0 bridgehead atoms. The Morgan fingerprint density at radius 1 is 1.29 bits per heavy atom. The van der Waals surface area contributed by atoms with E-state index in [1.165, 1.54) is 6.07 Å². The van der Waals surface area contributed by atoms with Crippen molar-refractivity contribution in [1.82, 2.24) is 0 Å². The molecule has 1 atom stereocenters. The standard InChI is InChI=1S/C11H14F2O3S/c1-17(15,16)6-2-3-11(14)8-4-5-9(12)10(13)7-8/h4-5,7,11,14H,2-3,6H2,1H3. The fourth-order valence-electron chi connectivity index (χ4n) is 1.43.